The van der Waals surface area contributed by atoms with Crippen molar-refractivity contribution >= 4 is 15.9 Å². The summed E-state index contributed by atoms with van der Waals surface area (Å²) in [5.41, 5.74) is 0.895. The molecule has 1 aromatic rings. The van der Waals surface area contributed by atoms with Crippen LogP contribution < -0.4 is 0 Å². The molecule has 0 aliphatic heterocycles. The average molecular weight is 263 g/mol. The van der Waals surface area contributed by atoms with Gasteiger partial charge < -0.3 is 10.2 Å². The topological polar surface area (TPSA) is 40.5 Å². The van der Waals surface area contributed by atoms with Crippen LogP contribution in [0.1, 0.15) is 5.56 Å². The number of halogens is 2. The van der Waals surface area contributed by atoms with Crippen molar-refractivity contribution in [2.45, 2.75) is 6.42 Å². The first kappa shape index (κ1) is 11.6. The van der Waals surface area contributed by atoms with Crippen LogP contribution in [0.25, 0.3) is 0 Å². The largest absolute Gasteiger partial charge is 0.396 e. The molecular weight excluding hydrogens is 251 g/mol. The molecule has 0 saturated carbocycles. The Hall–Kier alpha value is -0.450. The van der Waals surface area contributed by atoms with E-state index in [4.69, 9.17) is 10.2 Å². The predicted molar refractivity (Wildman–Crippen MR) is 55.5 cm³/mol. The minimum atomic E-state index is -0.307. The molecule has 0 atom stereocenters. The Morgan fingerprint density at radius 3 is 2.43 bits per heavy atom. The van der Waals surface area contributed by atoms with Crippen molar-refractivity contribution in [3.8, 4) is 0 Å². The van der Waals surface area contributed by atoms with Gasteiger partial charge in [-0.25, -0.2) is 4.39 Å². The molecule has 14 heavy (non-hydrogen) atoms. The Kier molecular flexibility index (Phi) is 4.51. The van der Waals surface area contributed by atoms with E-state index in [1.54, 1.807) is 12.1 Å². The van der Waals surface area contributed by atoms with E-state index in [1.165, 1.54) is 6.07 Å². The van der Waals surface area contributed by atoms with E-state index < -0.39 is 0 Å². The van der Waals surface area contributed by atoms with Gasteiger partial charge >= 0.3 is 0 Å². The standard InChI is InChI=1S/C10H12BrFO2/c11-9-4-7(1-2-10(9)12)3-8(5-13)6-14/h1-2,4,8,13-14H,3,5-6H2. The van der Waals surface area contributed by atoms with Gasteiger partial charge in [-0.2, -0.15) is 0 Å². The Bertz CT molecular complexity index is 300. The van der Waals surface area contributed by atoms with Crippen LogP contribution in [-0.2, 0) is 6.42 Å². The van der Waals surface area contributed by atoms with Crippen molar-refractivity contribution in [2.24, 2.45) is 5.92 Å². The third kappa shape index (κ3) is 3.04. The highest BCUT2D eigenvalue weighted by molar-refractivity contribution is 9.10. The highest BCUT2D eigenvalue weighted by Gasteiger charge is 2.08. The number of aliphatic hydroxyl groups excluding tert-OH is 2. The summed E-state index contributed by atoms with van der Waals surface area (Å²) in [6.07, 6.45) is 0.547. The predicted octanol–water partition coefficient (Wildman–Crippen LogP) is 1.73. The Balaban J connectivity index is 2.72. The van der Waals surface area contributed by atoms with Gasteiger partial charge in [0, 0.05) is 19.1 Å². The van der Waals surface area contributed by atoms with Gasteiger partial charge in [0.05, 0.1) is 4.47 Å². The third-order valence-electron chi connectivity index (χ3n) is 2.02. The second-order valence-electron chi connectivity index (χ2n) is 3.18. The maximum atomic E-state index is 12.9. The molecule has 0 aromatic heterocycles. The van der Waals surface area contributed by atoms with Crippen LogP contribution >= 0.6 is 15.9 Å². The first-order valence-corrected chi connectivity index (χ1v) is 5.12. The summed E-state index contributed by atoms with van der Waals surface area (Å²) in [6, 6.07) is 4.68. The van der Waals surface area contributed by atoms with Crippen LogP contribution in [0.4, 0.5) is 4.39 Å². The average Bonchev–Trinajstić information content (AvgIpc) is 2.19. The summed E-state index contributed by atoms with van der Waals surface area (Å²) in [7, 11) is 0. The summed E-state index contributed by atoms with van der Waals surface area (Å²) < 4.78 is 13.3. The smallest absolute Gasteiger partial charge is 0.137 e. The fourth-order valence-electron chi connectivity index (χ4n) is 1.19. The molecule has 0 aliphatic rings. The van der Waals surface area contributed by atoms with E-state index in [1.807, 2.05) is 0 Å². The summed E-state index contributed by atoms with van der Waals surface area (Å²) in [6.45, 7) is -0.128. The molecule has 0 amide bonds. The van der Waals surface area contributed by atoms with Crippen LogP contribution in [0.15, 0.2) is 22.7 Å². The minimum absolute atomic E-state index is 0.0640. The molecule has 0 bridgehead atoms. The van der Waals surface area contributed by atoms with Crippen LogP contribution in [0.3, 0.4) is 0 Å². The normalized spacial score (nSPS) is 10.9. The highest BCUT2D eigenvalue weighted by Crippen LogP contribution is 2.18. The maximum Gasteiger partial charge on any atom is 0.137 e. The van der Waals surface area contributed by atoms with E-state index in [2.05, 4.69) is 15.9 Å². The molecule has 1 rings (SSSR count). The van der Waals surface area contributed by atoms with Crippen LogP contribution in [-0.4, -0.2) is 23.4 Å². The molecule has 0 unspecified atom stereocenters. The van der Waals surface area contributed by atoms with Crippen molar-refractivity contribution in [3.63, 3.8) is 0 Å². The van der Waals surface area contributed by atoms with Gasteiger partial charge in [0.2, 0.25) is 0 Å². The summed E-state index contributed by atoms with van der Waals surface area (Å²) in [5.74, 6) is -0.481. The second kappa shape index (κ2) is 5.44. The number of rotatable bonds is 4. The minimum Gasteiger partial charge on any atom is -0.396 e. The lowest BCUT2D eigenvalue weighted by molar-refractivity contribution is 0.150. The lowest BCUT2D eigenvalue weighted by Crippen LogP contribution is -2.13. The molecule has 0 aliphatic carbocycles. The van der Waals surface area contributed by atoms with Crippen LogP contribution in [0, 0.1) is 11.7 Å². The highest BCUT2D eigenvalue weighted by atomic mass is 79.9. The summed E-state index contributed by atoms with van der Waals surface area (Å²) in [4.78, 5) is 0. The van der Waals surface area contributed by atoms with Crippen molar-refractivity contribution in [3.05, 3.63) is 34.1 Å². The summed E-state index contributed by atoms with van der Waals surface area (Å²) in [5, 5.41) is 17.7. The zero-order chi connectivity index (χ0) is 10.6. The van der Waals surface area contributed by atoms with Crippen LogP contribution in [0.5, 0.6) is 0 Å². The Morgan fingerprint density at radius 2 is 1.93 bits per heavy atom. The number of aliphatic hydroxyl groups is 2. The van der Waals surface area contributed by atoms with E-state index in [-0.39, 0.29) is 24.9 Å². The lowest BCUT2D eigenvalue weighted by Gasteiger charge is -2.10. The zero-order valence-corrected chi connectivity index (χ0v) is 9.17. The first-order valence-electron chi connectivity index (χ1n) is 4.33. The maximum absolute atomic E-state index is 12.9. The van der Waals surface area contributed by atoms with Gasteiger partial charge in [-0.05, 0) is 40.0 Å². The monoisotopic (exact) mass is 262 g/mol. The SMILES string of the molecule is OCC(CO)Cc1ccc(F)c(Br)c1. The molecule has 78 valence electrons. The molecule has 0 radical (unpaired) electrons. The molecule has 0 saturated heterocycles. The van der Waals surface area contributed by atoms with E-state index in [9.17, 15) is 4.39 Å². The van der Waals surface area contributed by atoms with Gasteiger partial charge in [0.25, 0.3) is 0 Å². The van der Waals surface area contributed by atoms with Crippen LogP contribution in [0.2, 0.25) is 0 Å². The van der Waals surface area contributed by atoms with E-state index in [0.717, 1.165) is 5.56 Å². The van der Waals surface area contributed by atoms with Gasteiger partial charge in [-0.3, -0.25) is 0 Å². The fraction of sp³-hybridized carbons (Fsp3) is 0.400. The van der Waals surface area contributed by atoms with Crippen molar-refractivity contribution in [1.29, 1.82) is 0 Å². The summed E-state index contributed by atoms with van der Waals surface area (Å²) >= 11 is 3.08. The number of benzene rings is 1. The molecule has 1 aromatic carbocycles. The molecule has 0 spiro atoms. The molecule has 2 N–H and O–H groups in total. The van der Waals surface area contributed by atoms with E-state index >= 15 is 0 Å². The van der Waals surface area contributed by atoms with Crippen molar-refractivity contribution in [2.75, 3.05) is 13.2 Å². The first-order chi connectivity index (χ1) is 6.67. The second-order valence-corrected chi connectivity index (χ2v) is 4.04. The Labute approximate surface area is 90.5 Å². The number of hydrogen-bond acceptors (Lipinski definition) is 2. The lowest BCUT2D eigenvalue weighted by atomic mass is 10.0. The fourth-order valence-corrected chi connectivity index (χ4v) is 1.61. The molecule has 0 heterocycles. The van der Waals surface area contributed by atoms with Gasteiger partial charge in [0.1, 0.15) is 5.82 Å². The van der Waals surface area contributed by atoms with Gasteiger partial charge in [-0.1, -0.05) is 6.07 Å². The van der Waals surface area contributed by atoms with Gasteiger partial charge in [0.15, 0.2) is 0 Å². The van der Waals surface area contributed by atoms with E-state index in [0.29, 0.717) is 10.9 Å². The molecule has 0 fully saturated rings. The van der Waals surface area contributed by atoms with Crippen molar-refractivity contribution in [1.82, 2.24) is 0 Å². The third-order valence-corrected chi connectivity index (χ3v) is 2.63. The zero-order valence-electron chi connectivity index (χ0n) is 7.58. The Morgan fingerprint density at radius 1 is 1.29 bits per heavy atom. The quantitative estimate of drug-likeness (QED) is 0.868. The molecule has 2 nitrogen and oxygen atoms in total. The molecule has 4 heteroatoms. The number of hydrogen-bond donors (Lipinski definition) is 2. The molecular formula is C10H12BrFO2. The van der Waals surface area contributed by atoms with Gasteiger partial charge in [-0.15, -0.1) is 0 Å². The van der Waals surface area contributed by atoms with Crippen molar-refractivity contribution < 1.29 is 14.6 Å².